The van der Waals surface area contributed by atoms with Gasteiger partial charge in [-0.2, -0.15) is 0 Å². The number of carbonyl (C=O) groups excluding carboxylic acids is 2. The summed E-state index contributed by atoms with van der Waals surface area (Å²) in [7, 11) is 0. The van der Waals surface area contributed by atoms with Crippen molar-refractivity contribution in [2.75, 3.05) is 0 Å². The Morgan fingerprint density at radius 1 is 1.11 bits per heavy atom. The SMILES string of the molecule is CC1=CC[C@H](C(=O)O[C@@H]2CCC[C@@]23CCC[C@H]3NC(=O)C(C)(C)C)C2(CC2)C1. The quantitative estimate of drug-likeness (QED) is 0.552. The first-order valence-electron chi connectivity index (χ1n) is 11.3. The highest BCUT2D eigenvalue weighted by Crippen LogP contribution is 2.60. The van der Waals surface area contributed by atoms with E-state index in [1.807, 2.05) is 20.8 Å². The number of allylic oxidation sites excluding steroid dienone is 2. The maximum absolute atomic E-state index is 13.2. The van der Waals surface area contributed by atoms with Gasteiger partial charge in [-0.25, -0.2) is 0 Å². The van der Waals surface area contributed by atoms with Crippen LogP contribution < -0.4 is 5.32 Å². The number of nitrogens with one attached hydrogen (secondary N) is 1. The van der Waals surface area contributed by atoms with Gasteiger partial charge in [0, 0.05) is 16.9 Å². The lowest BCUT2D eigenvalue weighted by Gasteiger charge is -2.39. The predicted octanol–water partition coefficient (Wildman–Crippen LogP) is 4.92. The van der Waals surface area contributed by atoms with E-state index in [1.165, 1.54) is 5.57 Å². The van der Waals surface area contributed by atoms with Gasteiger partial charge < -0.3 is 10.1 Å². The van der Waals surface area contributed by atoms with Crippen molar-refractivity contribution >= 4 is 11.9 Å². The van der Waals surface area contributed by atoms with Crippen LogP contribution in [-0.4, -0.2) is 24.0 Å². The van der Waals surface area contributed by atoms with Gasteiger partial charge in [0.2, 0.25) is 5.91 Å². The monoisotopic (exact) mass is 387 g/mol. The van der Waals surface area contributed by atoms with E-state index in [4.69, 9.17) is 4.74 Å². The van der Waals surface area contributed by atoms with Crippen LogP contribution in [0, 0.1) is 22.2 Å². The fraction of sp³-hybridized carbons (Fsp3) is 0.833. The van der Waals surface area contributed by atoms with Gasteiger partial charge in [-0.3, -0.25) is 9.59 Å². The molecule has 4 atom stereocenters. The number of carbonyl (C=O) groups is 2. The summed E-state index contributed by atoms with van der Waals surface area (Å²) in [6.45, 7) is 8.08. The van der Waals surface area contributed by atoms with Gasteiger partial charge in [-0.05, 0) is 70.1 Å². The number of amides is 1. The maximum Gasteiger partial charge on any atom is 0.310 e. The molecule has 0 aromatic carbocycles. The highest BCUT2D eigenvalue weighted by atomic mass is 16.5. The largest absolute Gasteiger partial charge is 0.461 e. The van der Waals surface area contributed by atoms with E-state index < -0.39 is 0 Å². The number of hydrogen-bond donors (Lipinski definition) is 1. The van der Waals surface area contributed by atoms with Crippen molar-refractivity contribution < 1.29 is 14.3 Å². The van der Waals surface area contributed by atoms with Crippen LogP contribution in [0.25, 0.3) is 0 Å². The van der Waals surface area contributed by atoms with Gasteiger partial charge in [0.15, 0.2) is 0 Å². The molecule has 1 N–H and O–H groups in total. The van der Waals surface area contributed by atoms with Crippen molar-refractivity contribution in [1.82, 2.24) is 5.32 Å². The predicted molar refractivity (Wildman–Crippen MR) is 110 cm³/mol. The first-order valence-corrected chi connectivity index (χ1v) is 11.3. The standard InChI is InChI=1S/C24H37NO3/c1-16-9-10-17(23(15-16)13-14-23)20(26)28-19-8-6-12-24(19)11-5-7-18(24)25-21(27)22(2,3)4/h9,17-19H,5-8,10-15H2,1-4H3,(H,25,27)/t17-,18-,19-,24-/m1/s1. The van der Waals surface area contributed by atoms with E-state index in [0.717, 1.165) is 64.2 Å². The summed E-state index contributed by atoms with van der Waals surface area (Å²) in [4.78, 5) is 25.8. The third-order valence-corrected chi connectivity index (χ3v) is 8.07. The van der Waals surface area contributed by atoms with Crippen LogP contribution in [-0.2, 0) is 14.3 Å². The molecule has 4 nitrogen and oxygen atoms in total. The van der Waals surface area contributed by atoms with E-state index in [0.29, 0.717) is 0 Å². The van der Waals surface area contributed by atoms with Gasteiger partial charge in [0.1, 0.15) is 6.10 Å². The number of rotatable bonds is 3. The summed E-state index contributed by atoms with van der Waals surface area (Å²) in [6, 6.07) is 0.142. The fourth-order valence-electron chi connectivity index (χ4n) is 6.19. The first-order chi connectivity index (χ1) is 13.2. The van der Waals surface area contributed by atoms with Crippen molar-refractivity contribution in [3.63, 3.8) is 0 Å². The van der Waals surface area contributed by atoms with Crippen LogP contribution in [0.3, 0.4) is 0 Å². The van der Waals surface area contributed by atoms with E-state index in [1.54, 1.807) is 0 Å². The molecule has 28 heavy (non-hydrogen) atoms. The van der Waals surface area contributed by atoms with Gasteiger partial charge in [-0.15, -0.1) is 0 Å². The molecule has 0 aromatic rings. The van der Waals surface area contributed by atoms with Crippen molar-refractivity contribution in [2.24, 2.45) is 22.2 Å². The molecule has 4 aliphatic carbocycles. The Bertz CT molecular complexity index is 680. The summed E-state index contributed by atoms with van der Waals surface area (Å²) in [5.74, 6) is 0.179. The Kier molecular flexibility index (Phi) is 4.91. The molecule has 156 valence electrons. The Morgan fingerprint density at radius 3 is 2.43 bits per heavy atom. The zero-order valence-corrected chi connectivity index (χ0v) is 18.1. The highest BCUT2D eigenvalue weighted by Gasteiger charge is 2.57. The molecule has 0 aliphatic heterocycles. The molecule has 4 aliphatic rings. The van der Waals surface area contributed by atoms with Crippen molar-refractivity contribution in [3.05, 3.63) is 11.6 Å². The molecule has 4 heteroatoms. The molecule has 3 fully saturated rings. The van der Waals surface area contributed by atoms with E-state index in [-0.39, 0.29) is 46.2 Å². The molecule has 0 unspecified atom stereocenters. The molecule has 0 radical (unpaired) electrons. The summed E-state index contributed by atoms with van der Waals surface area (Å²) in [5.41, 5.74) is 1.18. The second-order valence-electron chi connectivity index (χ2n) is 11.1. The van der Waals surface area contributed by atoms with Gasteiger partial charge in [0.05, 0.1) is 5.92 Å². The molecule has 1 amide bonds. The minimum Gasteiger partial charge on any atom is -0.461 e. The van der Waals surface area contributed by atoms with Crippen molar-refractivity contribution in [1.29, 1.82) is 0 Å². The normalized spacial score (nSPS) is 36.4. The Morgan fingerprint density at radius 2 is 1.79 bits per heavy atom. The second-order valence-corrected chi connectivity index (χ2v) is 11.1. The number of ether oxygens (including phenoxy) is 1. The number of esters is 1. The molecule has 0 saturated heterocycles. The fourth-order valence-corrected chi connectivity index (χ4v) is 6.19. The number of hydrogen-bond acceptors (Lipinski definition) is 3. The third kappa shape index (κ3) is 3.41. The molecule has 0 heterocycles. The minimum atomic E-state index is -0.390. The Balaban J connectivity index is 1.47. The average Bonchev–Trinajstić information content (AvgIpc) is 3.07. The molecule has 0 bridgehead atoms. The smallest absolute Gasteiger partial charge is 0.310 e. The highest BCUT2D eigenvalue weighted by molar-refractivity contribution is 5.81. The summed E-state index contributed by atoms with van der Waals surface area (Å²) in [5, 5.41) is 3.33. The summed E-state index contributed by atoms with van der Waals surface area (Å²) in [6.07, 6.45) is 12.7. The van der Waals surface area contributed by atoms with Crippen molar-refractivity contribution in [2.45, 2.75) is 104 Å². The van der Waals surface area contributed by atoms with E-state index >= 15 is 0 Å². The summed E-state index contributed by atoms with van der Waals surface area (Å²) >= 11 is 0. The second kappa shape index (κ2) is 6.88. The minimum absolute atomic E-state index is 0.0281. The first kappa shape index (κ1) is 20.0. The van der Waals surface area contributed by atoms with Crippen LogP contribution in [0.5, 0.6) is 0 Å². The maximum atomic E-state index is 13.2. The molecular formula is C24H37NO3. The van der Waals surface area contributed by atoms with Crippen LogP contribution in [0.2, 0.25) is 0 Å². The van der Waals surface area contributed by atoms with Crippen molar-refractivity contribution in [3.8, 4) is 0 Å². The van der Waals surface area contributed by atoms with Gasteiger partial charge in [0.25, 0.3) is 0 Å². The molecule has 4 rings (SSSR count). The zero-order chi connectivity index (χ0) is 20.2. The molecular weight excluding hydrogens is 350 g/mol. The average molecular weight is 388 g/mol. The van der Waals surface area contributed by atoms with Gasteiger partial charge >= 0.3 is 5.97 Å². The van der Waals surface area contributed by atoms with Crippen LogP contribution in [0.15, 0.2) is 11.6 Å². The zero-order valence-electron chi connectivity index (χ0n) is 18.1. The summed E-state index contributed by atoms with van der Waals surface area (Å²) < 4.78 is 6.28. The topological polar surface area (TPSA) is 55.4 Å². The van der Waals surface area contributed by atoms with Crippen LogP contribution >= 0.6 is 0 Å². The molecule has 2 spiro atoms. The third-order valence-electron chi connectivity index (χ3n) is 8.07. The lowest BCUT2D eigenvalue weighted by atomic mass is 9.76. The van der Waals surface area contributed by atoms with E-state index in [9.17, 15) is 9.59 Å². The Hall–Kier alpha value is -1.32. The van der Waals surface area contributed by atoms with E-state index in [2.05, 4.69) is 18.3 Å². The Labute approximate surface area is 169 Å². The van der Waals surface area contributed by atoms with Gasteiger partial charge in [-0.1, -0.05) is 38.8 Å². The lowest BCUT2D eigenvalue weighted by Crippen LogP contribution is -2.52. The molecule has 3 saturated carbocycles. The molecule has 0 aromatic heterocycles. The lowest BCUT2D eigenvalue weighted by molar-refractivity contribution is -0.163. The van der Waals surface area contributed by atoms with Crippen LogP contribution in [0.4, 0.5) is 0 Å². The van der Waals surface area contributed by atoms with Crippen LogP contribution in [0.1, 0.15) is 91.9 Å².